The normalized spacial score (nSPS) is 14.4. The highest BCUT2D eigenvalue weighted by Gasteiger charge is 2.29. The third-order valence-electron chi connectivity index (χ3n) is 5.12. The minimum absolute atomic E-state index is 0.158. The minimum Gasteiger partial charge on any atom is -0.309 e. The molecule has 5 nitrogen and oxygen atoms in total. The van der Waals surface area contributed by atoms with E-state index in [4.69, 9.17) is 0 Å². The van der Waals surface area contributed by atoms with Crippen molar-refractivity contribution in [1.29, 1.82) is 0 Å². The molecule has 1 aliphatic rings. The van der Waals surface area contributed by atoms with E-state index in [0.29, 0.717) is 25.2 Å². The van der Waals surface area contributed by atoms with Crippen LogP contribution in [-0.4, -0.2) is 31.7 Å². The molecule has 7 heteroatoms. The average molecular weight is 427 g/mol. The molecule has 3 aromatic rings. The summed E-state index contributed by atoms with van der Waals surface area (Å²) in [7, 11) is -3.67. The number of sulfonamides is 1. The Morgan fingerprint density at radius 3 is 2.66 bits per heavy atom. The summed E-state index contributed by atoms with van der Waals surface area (Å²) >= 11 is 1.67. The van der Waals surface area contributed by atoms with E-state index in [0.717, 1.165) is 17.7 Å². The standard InChI is InChI=1S/C22H22N2O3S2/c1-2-24(19-8-4-3-5-9-19)22(25)17-7-6-10-20(15-17)29(26,27)23-13-11-21-18(16-23)12-14-28-21/h3-10,12,14-15H,2,11,13,16H2,1H3. The fourth-order valence-corrected chi connectivity index (χ4v) is 5.93. The lowest BCUT2D eigenvalue weighted by Crippen LogP contribution is -2.35. The molecular weight excluding hydrogens is 404 g/mol. The number of carbonyl (C=O) groups is 1. The highest BCUT2D eigenvalue weighted by Crippen LogP contribution is 2.28. The van der Waals surface area contributed by atoms with Gasteiger partial charge in [-0.3, -0.25) is 4.79 Å². The van der Waals surface area contributed by atoms with E-state index in [1.165, 1.54) is 15.2 Å². The Balaban J connectivity index is 1.62. The zero-order valence-corrected chi connectivity index (χ0v) is 17.7. The molecule has 0 atom stereocenters. The average Bonchev–Trinajstić information content (AvgIpc) is 3.23. The van der Waals surface area contributed by atoms with Gasteiger partial charge in [-0.25, -0.2) is 8.42 Å². The molecule has 0 saturated heterocycles. The molecule has 150 valence electrons. The molecule has 0 unspecified atom stereocenters. The van der Waals surface area contributed by atoms with E-state index in [1.54, 1.807) is 34.4 Å². The van der Waals surface area contributed by atoms with Crippen LogP contribution in [0.4, 0.5) is 5.69 Å². The summed E-state index contributed by atoms with van der Waals surface area (Å²) in [6, 6.07) is 17.7. The number of anilines is 1. The van der Waals surface area contributed by atoms with Gasteiger partial charge in [0.05, 0.1) is 4.90 Å². The zero-order valence-electron chi connectivity index (χ0n) is 16.1. The van der Waals surface area contributed by atoms with Crippen LogP contribution in [0.25, 0.3) is 0 Å². The lowest BCUT2D eigenvalue weighted by Gasteiger charge is -2.26. The SMILES string of the molecule is CCN(C(=O)c1cccc(S(=O)(=O)N2CCc3sccc3C2)c1)c1ccccc1. The van der Waals surface area contributed by atoms with Crippen molar-refractivity contribution in [1.82, 2.24) is 4.31 Å². The van der Waals surface area contributed by atoms with Crippen molar-refractivity contribution in [3.05, 3.63) is 82.0 Å². The minimum atomic E-state index is -3.67. The summed E-state index contributed by atoms with van der Waals surface area (Å²) in [6.45, 7) is 3.23. The first-order valence-electron chi connectivity index (χ1n) is 9.53. The quantitative estimate of drug-likeness (QED) is 0.616. The van der Waals surface area contributed by atoms with Gasteiger partial charge >= 0.3 is 0 Å². The first kappa shape index (κ1) is 19.8. The van der Waals surface area contributed by atoms with E-state index in [-0.39, 0.29) is 10.8 Å². The molecule has 2 aromatic carbocycles. The first-order chi connectivity index (χ1) is 14.0. The van der Waals surface area contributed by atoms with Crippen molar-refractivity contribution in [2.24, 2.45) is 0 Å². The van der Waals surface area contributed by atoms with Crippen molar-refractivity contribution >= 4 is 33.0 Å². The van der Waals surface area contributed by atoms with Crippen molar-refractivity contribution < 1.29 is 13.2 Å². The number of hydrogen-bond acceptors (Lipinski definition) is 4. The van der Waals surface area contributed by atoms with Gasteiger partial charge in [-0.1, -0.05) is 24.3 Å². The molecular formula is C22H22N2O3S2. The highest BCUT2D eigenvalue weighted by molar-refractivity contribution is 7.89. The van der Waals surface area contributed by atoms with Crippen LogP contribution in [0.5, 0.6) is 0 Å². The van der Waals surface area contributed by atoms with Gasteiger partial charge in [0.15, 0.2) is 0 Å². The van der Waals surface area contributed by atoms with Crippen molar-refractivity contribution in [3.63, 3.8) is 0 Å². The van der Waals surface area contributed by atoms with Gasteiger partial charge in [0, 0.05) is 35.8 Å². The van der Waals surface area contributed by atoms with Crippen molar-refractivity contribution in [2.75, 3.05) is 18.0 Å². The third-order valence-corrected chi connectivity index (χ3v) is 7.98. The van der Waals surface area contributed by atoms with Gasteiger partial charge in [-0.15, -0.1) is 11.3 Å². The molecule has 0 saturated carbocycles. The molecule has 29 heavy (non-hydrogen) atoms. The van der Waals surface area contributed by atoms with Crippen molar-refractivity contribution in [2.45, 2.75) is 24.8 Å². The molecule has 1 aromatic heterocycles. The van der Waals surface area contributed by atoms with Crippen LogP contribution in [-0.2, 0) is 23.0 Å². The second kappa shape index (κ2) is 8.10. The number of fused-ring (bicyclic) bond motifs is 1. The Hall–Kier alpha value is -2.48. The largest absolute Gasteiger partial charge is 0.309 e. The predicted molar refractivity (Wildman–Crippen MR) is 116 cm³/mol. The summed E-state index contributed by atoms with van der Waals surface area (Å²) < 4.78 is 27.9. The molecule has 0 N–H and O–H groups in total. The number of carbonyl (C=O) groups excluding carboxylic acids is 1. The number of thiophene rings is 1. The van der Waals surface area contributed by atoms with Crippen LogP contribution in [0, 0.1) is 0 Å². The number of rotatable bonds is 5. The number of hydrogen-bond donors (Lipinski definition) is 0. The monoisotopic (exact) mass is 426 g/mol. The van der Waals surface area contributed by atoms with E-state index in [9.17, 15) is 13.2 Å². The molecule has 1 amide bonds. The fraction of sp³-hybridized carbons (Fsp3) is 0.227. The Labute approximate surface area is 175 Å². The summed E-state index contributed by atoms with van der Waals surface area (Å²) in [5.41, 5.74) is 2.22. The summed E-state index contributed by atoms with van der Waals surface area (Å²) in [4.78, 5) is 16.1. The number of nitrogens with zero attached hydrogens (tertiary/aromatic N) is 2. The Morgan fingerprint density at radius 2 is 1.90 bits per heavy atom. The maximum atomic E-state index is 13.2. The zero-order chi connectivity index (χ0) is 20.4. The molecule has 1 aliphatic heterocycles. The van der Waals surface area contributed by atoms with Crippen LogP contribution in [0.3, 0.4) is 0 Å². The van der Waals surface area contributed by atoms with Crippen LogP contribution in [0.2, 0.25) is 0 Å². The van der Waals surface area contributed by atoms with E-state index >= 15 is 0 Å². The Kier molecular flexibility index (Phi) is 5.54. The molecule has 0 bridgehead atoms. The lowest BCUT2D eigenvalue weighted by molar-refractivity contribution is 0.0988. The number of para-hydroxylation sites is 1. The maximum absolute atomic E-state index is 13.2. The lowest BCUT2D eigenvalue weighted by atomic mass is 10.1. The second-order valence-electron chi connectivity index (χ2n) is 6.87. The highest BCUT2D eigenvalue weighted by atomic mass is 32.2. The Morgan fingerprint density at radius 1 is 1.10 bits per heavy atom. The molecule has 0 fully saturated rings. The van der Waals surface area contributed by atoms with Gasteiger partial charge in [-0.2, -0.15) is 4.31 Å². The van der Waals surface area contributed by atoms with Gasteiger partial charge in [0.1, 0.15) is 0 Å². The smallest absolute Gasteiger partial charge is 0.258 e. The maximum Gasteiger partial charge on any atom is 0.258 e. The summed E-state index contributed by atoms with van der Waals surface area (Å²) in [5, 5.41) is 2.00. The second-order valence-corrected chi connectivity index (χ2v) is 9.81. The van der Waals surface area contributed by atoms with Gasteiger partial charge < -0.3 is 4.90 Å². The molecule has 0 spiro atoms. The molecule has 0 aliphatic carbocycles. The van der Waals surface area contributed by atoms with E-state index < -0.39 is 10.0 Å². The topological polar surface area (TPSA) is 57.7 Å². The number of benzene rings is 2. The van der Waals surface area contributed by atoms with Crippen LogP contribution in [0.1, 0.15) is 27.7 Å². The molecule has 0 radical (unpaired) electrons. The Bertz CT molecular complexity index is 1120. The van der Waals surface area contributed by atoms with Crippen LogP contribution < -0.4 is 4.90 Å². The molecule has 4 rings (SSSR count). The van der Waals surface area contributed by atoms with Crippen molar-refractivity contribution in [3.8, 4) is 0 Å². The number of amides is 1. The fourth-order valence-electron chi connectivity index (χ4n) is 3.57. The van der Waals surface area contributed by atoms with Gasteiger partial charge in [0.25, 0.3) is 5.91 Å². The summed E-state index contributed by atoms with van der Waals surface area (Å²) in [6.07, 6.45) is 0.725. The summed E-state index contributed by atoms with van der Waals surface area (Å²) in [5.74, 6) is -0.213. The van der Waals surface area contributed by atoms with E-state index in [1.807, 2.05) is 48.7 Å². The van der Waals surface area contributed by atoms with E-state index in [2.05, 4.69) is 0 Å². The first-order valence-corrected chi connectivity index (χ1v) is 11.8. The predicted octanol–water partition coefficient (Wildman–Crippen LogP) is 4.16. The van der Waals surface area contributed by atoms with Gasteiger partial charge in [0.2, 0.25) is 10.0 Å². The van der Waals surface area contributed by atoms with Gasteiger partial charge in [-0.05, 0) is 60.7 Å². The molecule has 2 heterocycles. The third kappa shape index (κ3) is 3.85. The van der Waals surface area contributed by atoms with Crippen LogP contribution in [0.15, 0.2) is 70.9 Å². The van der Waals surface area contributed by atoms with Crippen LogP contribution >= 0.6 is 11.3 Å².